The lowest BCUT2D eigenvalue weighted by Crippen LogP contribution is -2.50. The van der Waals surface area contributed by atoms with Gasteiger partial charge in [-0.2, -0.15) is 0 Å². The Morgan fingerprint density at radius 3 is 1.88 bits per heavy atom. The molecular formula is C28H26N2O3. The van der Waals surface area contributed by atoms with E-state index in [0.29, 0.717) is 43.9 Å². The molecule has 33 heavy (non-hydrogen) atoms. The summed E-state index contributed by atoms with van der Waals surface area (Å²) in [6, 6.07) is 29.7. The van der Waals surface area contributed by atoms with E-state index in [1.54, 1.807) is 11.0 Å². The van der Waals surface area contributed by atoms with Crippen molar-refractivity contribution >= 4 is 22.8 Å². The lowest BCUT2D eigenvalue weighted by atomic mass is 9.88. The lowest BCUT2D eigenvalue weighted by molar-refractivity contribution is -0.132. The number of benzene rings is 3. The van der Waals surface area contributed by atoms with Crippen LogP contribution in [0, 0.1) is 0 Å². The summed E-state index contributed by atoms with van der Waals surface area (Å²) in [6.45, 7) is 2.06. The van der Waals surface area contributed by atoms with Crippen molar-refractivity contribution in [3.63, 3.8) is 0 Å². The molecule has 1 aliphatic heterocycles. The Morgan fingerprint density at radius 1 is 0.727 bits per heavy atom. The van der Waals surface area contributed by atoms with Crippen molar-refractivity contribution in [2.24, 2.45) is 0 Å². The fourth-order valence-electron chi connectivity index (χ4n) is 4.50. The van der Waals surface area contributed by atoms with E-state index in [-0.39, 0.29) is 17.7 Å². The molecule has 166 valence electrons. The average Bonchev–Trinajstić information content (AvgIpc) is 3.32. The molecule has 1 fully saturated rings. The number of nitrogens with zero attached hydrogens (tertiary/aromatic N) is 2. The van der Waals surface area contributed by atoms with Gasteiger partial charge >= 0.3 is 0 Å². The van der Waals surface area contributed by atoms with Crippen molar-refractivity contribution in [1.82, 2.24) is 9.80 Å². The van der Waals surface area contributed by atoms with Crippen molar-refractivity contribution < 1.29 is 14.0 Å². The van der Waals surface area contributed by atoms with Crippen LogP contribution in [0.3, 0.4) is 0 Å². The van der Waals surface area contributed by atoms with Crippen LogP contribution in [-0.4, -0.2) is 47.8 Å². The molecule has 0 radical (unpaired) electrons. The highest BCUT2D eigenvalue weighted by Crippen LogP contribution is 2.29. The van der Waals surface area contributed by atoms with Gasteiger partial charge < -0.3 is 14.2 Å². The normalized spacial score (nSPS) is 14.1. The van der Waals surface area contributed by atoms with E-state index in [0.717, 1.165) is 16.5 Å². The third-order valence-corrected chi connectivity index (χ3v) is 6.34. The van der Waals surface area contributed by atoms with Gasteiger partial charge in [0.1, 0.15) is 5.58 Å². The van der Waals surface area contributed by atoms with Crippen LogP contribution in [0.4, 0.5) is 0 Å². The fourth-order valence-corrected chi connectivity index (χ4v) is 4.50. The molecule has 1 aliphatic rings. The van der Waals surface area contributed by atoms with Gasteiger partial charge in [-0.25, -0.2) is 0 Å². The highest BCUT2D eigenvalue weighted by molar-refractivity contribution is 5.96. The number of fused-ring (bicyclic) bond motifs is 1. The first kappa shape index (κ1) is 21.0. The molecule has 0 N–H and O–H groups in total. The summed E-state index contributed by atoms with van der Waals surface area (Å²) in [6.07, 6.45) is 0.408. The van der Waals surface area contributed by atoms with E-state index in [2.05, 4.69) is 24.3 Å². The summed E-state index contributed by atoms with van der Waals surface area (Å²) >= 11 is 0. The average molecular weight is 439 g/mol. The SMILES string of the molecule is O=C(CC(c1ccccc1)c1ccccc1)N1CCN(C(=O)c2cc3ccccc3o2)CC1. The Hall–Kier alpha value is -3.86. The van der Waals surface area contributed by atoms with Gasteiger partial charge in [-0.3, -0.25) is 9.59 Å². The summed E-state index contributed by atoms with van der Waals surface area (Å²) in [7, 11) is 0. The number of amides is 2. The second kappa shape index (κ2) is 9.33. The zero-order chi connectivity index (χ0) is 22.6. The van der Waals surface area contributed by atoms with Gasteiger partial charge in [0.25, 0.3) is 5.91 Å². The molecule has 2 heterocycles. The number of carbonyl (C=O) groups is 2. The molecule has 5 nitrogen and oxygen atoms in total. The van der Waals surface area contributed by atoms with E-state index in [1.165, 1.54) is 0 Å². The van der Waals surface area contributed by atoms with Gasteiger partial charge in [0, 0.05) is 43.9 Å². The van der Waals surface area contributed by atoms with Crippen molar-refractivity contribution in [2.45, 2.75) is 12.3 Å². The first-order valence-corrected chi connectivity index (χ1v) is 11.3. The van der Waals surface area contributed by atoms with E-state index < -0.39 is 0 Å². The van der Waals surface area contributed by atoms with E-state index in [9.17, 15) is 9.59 Å². The molecule has 2 amide bonds. The Labute approximate surface area is 193 Å². The summed E-state index contributed by atoms with van der Waals surface area (Å²) < 4.78 is 5.74. The number of hydrogen-bond donors (Lipinski definition) is 0. The quantitative estimate of drug-likeness (QED) is 0.444. The van der Waals surface area contributed by atoms with Crippen LogP contribution in [-0.2, 0) is 4.79 Å². The maximum absolute atomic E-state index is 13.2. The van der Waals surface area contributed by atoms with Crippen molar-refractivity contribution in [2.75, 3.05) is 26.2 Å². The molecule has 0 saturated carbocycles. The third-order valence-electron chi connectivity index (χ3n) is 6.34. The smallest absolute Gasteiger partial charge is 0.289 e. The molecule has 0 spiro atoms. The van der Waals surface area contributed by atoms with Crippen molar-refractivity contribution in [3.8, 4) is 0 Å². The van der Waals surface area contributed by atoms with Gasteiger partial charge in [0.15, 0.2) is 5.76 Å². The van der Waals surface area contributed by atoms with Crippen LogP contribution >= 0.6 is 0 Å². The highest BCUT2D eigenvalue weighted by atomic mass is 16.3. The van der Waals surface area contributed by atoms with Gasteiger partial charge in [-0.15, -0.1) is 0 Å². The number of furan rings is 1. The Bertz CT molecular complexity index is 1170. The van der Waals surface area contributed by atoms with Crippen LogP contribution in [0.25, 0.3) is 11.0 Å². The number of carbonyl (C=O) groups excluding carboxylic acids is 2. The first-order chi connectivity index (χ1) is 16.2. The minimum absolute atomic E-state index is 0.00936. The molecule has 5 heteroatoms. The van der Waals surface area contributed by atoms with E-state index in [1.807, 2.05) is 65.6 Å². The predicted octanol–water partition coefficient (Wildman–Crippen LogP) is 4.94. The van der Waals surface area contributed by atoms with Crippen LogP contribution in [0.5, 0.6) is 0 Å². The van der Waals surface area contributed by atoms with Crippen molar-refractivity contribution in [3.05, 3.63) is 108 Å². The molecule has 5 rings (SSSR count). The molecular weight excluding hydrogens is 412 g/mol. The van der Waals surface area contributed by atoms with E-state index >= 15 is 0 Å². The fraction of sp³-hybridized carbons (Fsp3) is 0.214. The number of para-hydroxylation sites is 1. The largest absolute Gasteiger partial charge is 0.451 e. The molecule has 0 unspecified atom stereocenters. The van der Waals surface area contributed by atoms with Crippen LogP contribution in [0.1, 0.15) is 34.0 Å². The van der Waals surface area contributed by atoms with Crippen molar-refractivity contribution in [1.29, 1.82) is 0 Å². The Balaban J connectivity index is 1.24. The third kappa shape index (κ3) is 4.53. The summed E-state index contributed by atoms with van der Waals surface area (Å²) in [5.74, 6) is 0.354. The molecule has 0 atom stereocenters. The summed E-state index contributed by atoms with van der Waals surface area (Å²) in [5.41, 5.74) is 2.98. The minimum atomic E-state index is -0.121. The lowest BCUT2D eigenvalue weighted by Gasteiger charge is -2.35. The topological polar surface area (TPSA) is 53.8 Å². The van der Waals surface area contributed by atoms with Gasteiger partial charge in [0.2, 0.25) is 5.91 Å². The maximum Gasteiger partial charge on any atom is 0.289 e. The Kier molecular flexibility index (Phi) is 5.94. The second-order valence-corrected chi connectivity index (χ2v) is 8.40. The van der Waals surface area contributed by atoms with Crippen LogP contribution < -0.4 is 0 Å². The van der Waals surface area contributed by atoms with Gasteiger partial charge in [-0.05, 0) is 23.3 Å². The monoisotopic (exact) mass is 438 g/mol. The summed E-state index contributed by atoms with van der Waals surface area (Å²) in [4.78, 5) is 29.8. The van der Waals surface area contributed by atoms with E-state index in [4.69, 9.17) is 4.42 Å². The van der Waals surface area contributed by atoms with Gasteiger partial charge in [0.05, 0.1) is 0 Å². The standard InChI is InChI=1S/C28H26N2O3/c31-27(20-24(21-9-3-1-4-10-21)22-11-5-2-6-12-22)29-15-17-30(18-16-29)28(32)26-19-23-13-7-8-14-25(23)33-26/h1-14,19,24H,15-18,20H2. The Morgan fingerprint density at radius 2 is 1.27 bits per heavy atom. The van der Waals surface area contributed by atoms with Crippen LogP contribution in [0.2, 0.25) is 0 Å². The molecule has 1 saturated heterocycles. The number of hydrogen-bond acceptors (Lipinski definition) is 3. The second-order valence-electron chi connectivity index (χ2n) is 8.40. The molecule has 3 aromatic carbocycles. The molecule has 1 aromatic heterocycles. The first-order valence-electron chi connectivity index (χ1n) is 11.3. The van der Waals surface area contributed by atoms with Crippen LogP contribution in [0.15, 0.2) is 95.4 Å². The predicted molar refractivity (Wildman–Crippen MR) is 128 cm³/mol. The zero-order valence-corrected chi connectivity index (χ0v) is 18.4. The summed E-state index contributed by atoms with van der Waals surface area (Å²) in [5, 5.41) is 0.919. The number of rotatable bonds is 5. The highest BCUT2D eigenvalue weighted by Gasteiger charge is 2.28. The number of piperazine rings is 1. The van der Waals surface area contributed by atoms with Gasteiger partial charge in [-0.1, -0.05) is 78.9 Å². The molecule has 0 bridgehead atoms. The molecule has 0 aliphatic carbocycles. The zero-order valence-electron chi connectivity index (χ0n) is 18.4. The minimum Gasteiger partial charge on any atom is -0.451 e. The molecule has 4 aromatic rings. The maximum atomic E-state index is 13.2.